The van der Waals surface area contributed by atoms with Crippen LogP contribution in [0.2, 0.25) is 0 Å². The van der Waals surface area contributed by atoms with Crippen LogP contribution in [-0.4, -0.2) is 11.2 Å². The van der Waals surface area contributed by atoms with Gasteiger partial charge in [-0.05, 0) is 75.9 Å². The van der Waals surface area contributed by atoms with Crippen LogP contribution in [0.5, 0.6) is 0 Å². The topological polar surface area (TPSA) is 20.2 Å². The molecular weight excluding hydrogens is 496 g/mol. The van der Waals surface area contributed by atoms with Crippen molar-refractivity contribution in [2.75, 3.05) is 0 Å². The first-order chi connectivity index (χ1) is 19.2. The zero-order valence-corrected chi connectivity index (χ0v) is 27.2. The summed E-state index contributed by atoms with van der Waals surface area (Å²) in [6.45, 7) is 24.0. The maximum Gasteiger partial charge on any atom is 0.0585 e. The Kier molecular flexibility index (Phi) is 13.1. The molecule has 0 aromatic heterocycles. The molecule has 1 heteroatoms. The molecule has 0 amide bonds. The molecule has 0 spiro atoms. The summed E-state index contributed by atoms with van der Waals surface area (Å²) in [7, 11) is 0. The lowest BCUT2D eigenvalue weighted by Gasteiger charge is -2.35. The lowest BCUT2D eigenvalue weighted by molar-refractivity contribution is 0.116. The predicted octanol–water partition coefficient (Wildman–Crippen LogP) is 11.2. The molecule has 41 heavy (non-hydrogen) atoms. The van der Waals surface area contributed by atoms with Crippen molar-refractivity contribution in [3.8, 4) is 0 Å². The molecule has 0 radical (unpaired) electrons. The van der Waals surface area contributed by atoms with Crippen molar-refractivity contribution >= 4 is 0 Å². The fourth-order valence-corrected chi connectivity index (χ4v) is 5.61. The Labute approximate surface area is 251 Å². The highest BCUT2D eigenvalue weighted by Gasteiger charge is 2.31. The average Bonchev–Trinajstić information content (AvgIpc) is 2.84. The summed E-state index contributed by atoms with van der Waals surface area (Å²) in [6.07, 6.45) is 37.0. The van der Waals surface area contributed by atoms with E-state index >= 15 is 0 Å². The van der Waals surface area contributed by atoms with Crippen molar-refractivity contribution in [1.29, 1.82) is 0 Å². The maximum absolute atomic E-state index is 10.1. The Balaban J connectivity index is 1.89. The Morgan fingerprint density at radius 3 is 1.85 bits per heavy atom. The molecule has 0 fully saturated rings. The highest BCUT2D eigenvalue weighted by molar-refractivity contribution is 5.38. The van der Waals surface area contributed by atoms with Crippen molar-refractivity contribution < 1.29 is 5.11 Å². The van der Waals surface area contributed by atoms with Gasteiger partial charge in [-0.25, -0.2) is 0 Å². The average molecular weight is 551 g/mol. The summed E-state index contributed by atoms with van der Waals surface area (Å²) >= 11 is 0. The SMILES string of the molecule is C=C1C=CCC(C)(C)C1C=CC(C)=CC=CC(C)=C/C=C/C=C(C)/C=C/C=C(C)/C=C/C1=C(C)CC(O)CC1(C)C. The number of aliphatic hydroxyl groups is 1. The second-order valence-corrected chi connectivity index (χ2v) is 13.2. The molecule has 0 heterocycles. The summed E-state index contributed by atoms with van der Waals surface area (Å²) in [4.78, 5) is 0. The van der Waals surface area contributed by atoms with Gasteiger partial charge in [-0.3, -0.25) is 0 Å². The van der Waals surface area contributed by atoms with Crippen LogP contribution in [0.3, 0.4) is 0 Å². The minimum atomic E-state index is -0.223. The molecule has 2 unspecified atom stereocenters. The highest BCUT2D eigenvalue weighted by atomic mass is 16.3. The minimum absolute atomic E-state index is 0.00983. The molecule has 2 atom stereocenters. The molecule has 1 nitrogen and oxygen atoms in total. The smallest absolute Gasteiger partial charge is 0.0585 e. The van der Waals surface area contributed by atoms with Gasteiger partial charge < -0.3 is 5.11 Å². The van der Waals surface area contributed by atoms with Gasteiger partial charge in [0.2, 0.25) is 0 Å². The minimum Gasteiger partial charge on any atom is -0.393 e. The number of allylic oxidation sites excluding steroid dienone is 22. The highest BCUT2D eigenvalue weighted by Crippen LogP contribution is 2.41. The van der Waals surface area contributed by atoms with Crippen LogP contribution in [0.1, 0.15) is 81.6 Å². The van der Waals surface area contributed by atoms with E-state index in [0.29, 0.717) is 5.92 Å². The number of hydrogen-bond acceptors (Lipinski definition) is 1. The molecular formula is C40H54O. The summed E-state index contributed by atoms with van der Waals surface area (Å²) in [5, 5.41) is 10.1. The predicted molar refractivity (Wildman–Crippen MR) is 183 cm³/mol. The first-order valence-electron chi connectivity index (χ1n) is 15.0. The van der Waals surface area contributed by atoms with E-state index in [0.717, 1.165) is 19.3 Å². The number of hydrogen-bond donors (Lipinski definition) is 1. The first kappa shape index (κ1) is 34.0. The molecule has 0 saturated carbocycles. The van der Waals surface area contributed by atoms with Crippen molar-refractivity contribution in [3.63, 3.8) is 0 Å². The van der Waals surface area contributed by atoms with Gasteiger partial charge in [-0.15, -0.1) is 0 Å². The van der Waals surface area contributed by atoms with E-state index in [9.17, 15) is 5.11 Å². The van der Waals surface area contributed by atoms with E-state index < -0.39 is 0 Å². The Morgan fingerprint density at radius 2 is 1.32 bits per heavy atom. The van der Waals surface area contributed by atoms with E-state index in [1.165, 1.54) is 39.0 Å². The van der Waals surface area contributed by atoms with E-state index in [2.05, 4.69) is 166 Å². The van der Waals surface area contributed by atoms with E-state index in [1.807, 2.05) is 0 Å². The quantitative estimate of drug-likeness (QED) is 0.268. The van der Waals surface area contributed by atoms with Crippen LogP contribution in [0.4, 0.5) is 0 Å². The van der Waals surface area contributed by atoms with Crippen LogP contribution < -0.4 is 0 Å². The molecule has 0 saturated heterocycles. The number of rotatable bonds is 10. The van der Waals surface area contributed by atoms with Gasteiger partial charge in [0.1, 0.15) is 0 Å². The lowest BCUT2D eigenvalue weighted by atomic mass is 9.69. The molecule has 220 valence electrons. The van der Waals surface area contributed by atoms with Gasteiger partial charge in [-0.2, -0.15) is 0 Å². The van der Waals surface area contributed by atoms with Gasteiger partial charge in [0.15, 0.2) is 0 Å². The second kappa shape index (κ2) is 15.7. The third kappa shape index (κ3) is 11.7. The zero-order valence-electron chi connectivity index (χ0n) is 27.2. The summed E-state index contributed by atoms with van der Waals surface area (Å²) in [5.74, 6) is 0.382. The largest absolute Gasteiger partial charge is 0.393 e. The Morgan fingerprint density at radius 1 is 0.805 bits per heavy atom. The van der Waals surface area contributed by atoms with Gasteiger partial charge in [0.05, 0.1) is 6.10 Å². The van der Waals surface area contributed by atoms with Crippen molar-refractivity contribution in [2.24, 2.45) is 16.7 Å². The summed E-state index contributed by atoms with van der Waals surface area (Å²) in [6, 6.07) is 0. The van der Waals surface area contributed by atoms with E-state index in [4.69, 9.17) is 0 Å². The molecule has 0 aromatic carbocycles. The molecule has 2 aliphatic rings. The van der Waals surface area contributed by atoms with E-state index in [-0.39, 0.29) is 16.9 Å². The summed E-state index contributed by atoms with van der Waals surface area (Å²) < 4.78 is 0. The van der Waals surface area contributed by atoms with Gasteiger partial charge in [0, 0.05) is 5.92 Å². The molecule has 2 rings (SSSR count). The van der Waals surface area contributed by atoms with Gasteiger partial charge >= 0.3 is 0 Å². The lowest BCUT2D eigenvalue weighted by Crippen LogP contribution is -2.28. The molecule has 0 bridgehead atoms. The standard InChI is InChI=1S/C40H54O/c1-30(18-13-20-32(3)23-25-37-34(5)22-15-27-39(37,7)8)16-11-12-17-31(2)19-14-21-33(4)24-26-38-35(6)28-36(41)29-40(38,9)10/h11-26,36-37,41H,5,27-29H2,1-4,6-10H3/b12-11+,18-13?,19-14+,25-23?,26-24+,30-16?,31-17+,32-20?,33-21+. The fraction of sp³-hybridized carbons (Fsp3) is 0.400. The molecule has 0 aromatic rings. The van der Waals surface area contributed by atoms with Crippen LogP contribution in [0.15, 0.2) is 143 Å². The molecule has 2 aliphatic carbocycles. The third-order valence-corrected chi connectivity index (χ3v) is 8.02. The van der Waals surface area contributed by atoms with Crippen molar-refractivity contribution in [3.05, 3.63) is 143 Å². The van der Waals surface area contributed by atoms with E-state index in [1.54, 1.807) is 0 Å². The zero-order chi connectivity index (χ0) is 30.6. The maximum atomic E-state index is 10.1. The first-order valence-corrected chi connectivity index (χ1v) is 15.0. The molecule has 0 aliphatic heterocycles. The van der Waals surface area contributed by atoms with Crippen molar-refractivity contribution in [1.82, 2.24) is 0 Å². The number of aliphatic hydroxyl groups excluding tert-OH is 1. The van der Waals surface area contributed by atoms with Crippen LogP contribution in [-0.2, 0) is 0 Å². The third-order valence-electron chi connectivity index (χ3n) is 8.02. The Hall–Kier alpha value is -3.16. The van der Waals surface area contributed by atoms with Crippen LogP contribution in [0.25, 0.3) is 0 Å². The van der Waals surface area contributed by atoms with Gasteiger partial charge in [-0.1, -0.05) is 159 Å². The fourth-order valence-electron chi connectivity index (χ4n) is 5.61. The monoisotopic (exact) mass is 550 g/mol. The second-order valence-electron chi connectivity index (χ2n) is 13.2. The van der Waals surface area contributed by atoms with Crippen molar-refractivity contribution in [2.45, 2.75) is 87.7 Å². The summed E-state index contributed by atoms with van der Waals surface area (Å²) in [5.41, 5.74) is 8.91. The van der Waals surface area contributed by atoms with Crippen LogP contribution in [0, 0.1) is 16.7 Å². The van der Waals surface area contributed by atoms with Gasteiger partial charge in [0.25, 0.3) is 0 Å². The van der Waals surface area contributed by atoms with Crippen LogP contribution >= 0.6 is 0 Å². The molecule has 1 N–H and O–H groups in total. The Bertz CT molecular complexity index is 1270. The normalized spacial score (nSPS) is 24.9.